The van der Waals surface area contributed by atoms with Crippen molar-refractivity contribution in [2.75, 3.05) is 13.2 Å². The van der Waals surface area contributed by atoms with E-state index >= 15 is 0 Å². The summed E-state index contributed by atoms with van der Waals surface area (Å²) in [7, 11) is 0. The summed E-state index contributed by atoms with van der Waals surface area (Å²) in [5, 5.41) is 3.33. The fourth-order valence-corrected chi connectivity index (χ4v) is 1.85. The van der Waals surface area contributed by atoms with Crippen LogP contribution in [0.3, 0.4) is 0 Å². The molecule has 1 aromatic rings. The van der Waals surface area contributed by atoms with Gasteiger partial charge in [-0.15, -0.1) is 0 Å². The third-order valence-electron chi connectivity index (χ3n) is 2.63. The SMILES string of the molecule is CCCNC1COc2cc(OC(F)F)ccc21. The van der Waals surface area contributed by atoms with Gasteiger partial charge in [0.25, 0.3) is 0 Å². The Morgan fingerprint density at radius 3 is 3.06 bits per heavy atom. The number of fused-ring (bicyclic) bond motifs is 1. The average Bonchev–Trinajstić information content (AvgIpc) is 2.68. The second kappa shape index (κ2) is 5.31. The zero-order chi connectivity index (χ0) is 12.3. The second-order valence-corrected chi connectivity index (χ2v) is 3.90. The van der Waals surface area contributed by atoms with Gasteiger partial charge in [0.1, 0.15) is 18.1 Å². The van der Waals surface area contributed by atoms with Gasteiger partial charge in [0.05, 0.1) is 6.04 Å². The van der Waals surface area contributed by atoms with Crippen molar-refractivity contribution in [3.63, 3.8) is 0 Å². The highest BCUT2D eigenvalue weighted by molar-refractivity contribution is 5.45. The summed E-state index contributed by atoms with van der Waals surface area (Å²) in [5.74, 6) is 0.756. The predicted molar refractivity (Wildman–Crippen MR) is 59.6 cm³/mol. The molecule has 1 aliphatic heterocycles. The van der Waals surface area contributed by atoms with Gasteiger partial charge in [-0.05, 0) is 25.1 Å². The largest absolute Gasteiger partial charge is 0.491 e. The van der Waals surface area contributed by atoms with Crippen LogP contribution in [0, 0.1) is 0 Å². The zero-order valence-electron chi connectivity index (χ0n) is 9.58. The van der Waals surface area contributed by atoms with Gasteiger partial charge in [-0.25, -0.2) is 0 Å². The highest BCUT2D eigenvalue weighted by atomic mass is 19.3. The van der Waals surface area contributed by atoms with Crippen LogP contribution in [0.4, 0.5) is 8.78 Å². The number of hydrogen-bond acceptors (Lipinski definition) is 3. The number of alkyl halides is 2. The van der Waals surface area contributed by atoms with Gasteiger partial charge in [-0.3, -0.25) is 0 Å². The van der Waals surface area contributed by atoms with Crippen molar-refractivity contribution in [2.45, 2.75) is 26.0 Å². The van der Waals surface area contributed by atoms with Crippen molar-refractivity contribution in [2.24, 2.45) is 0 Å². The number of halogens is 2. The summed E-state index contributed by atoms with van der Waals surface area (Å²) < 4.78 is 33.8. The summed E-state index contributed by atoms with van der Waals surface area (Å²) >= 11 is 0. The van der Waals surface area contributed by atoms with E-state index in [0.717, 1.165) is 18.5 Å². The number of rotatable bonds is 5. The fourth-order valence-electron chi connectivity index (χ4n) is 1.85. The molecule has 1 atom stereocenters. The van der Waals surface area contributed by atoms with Gasteiger partial charge in [-0.1, -0.05) is 6.92 Å². The Morgan fingerprint density at radius 2 is 2.35 bits per heavy atom. The van der Waals surface area contributed by atoms with Gasteiger partial charge in [0, 0.05) is 11.6 Å². The minimum Gasteiger partial charge on any atom is -0.491 e. The molecule has 5 heteroatoms. The van der Waals surface area contributed by atoms with E-state index in [1.165, 1.54) is 6.07 Å². The summed E-state index contributed by atoms with van der Waals surface area (Å²) in [4.78, 5) is 0. The molecule has 0 amide bonds. The lowest BCUT2D eigenvalue weighted by Crippen LogP contribution is -2.22. The number of nitrogens with one attached hydrogen (secondary N) is 1. The van der Waals surface area contributed by atoms with Gasteiger partial charge in [0.2, 0.25) is 0 Å². The first-order chi connectivity index (χ1) is 8.20. The van der Waals surface area contributed by atoms with Crippen LogP contribution in [0.1, 0.15) is 24.9 Å². The Kier molecular flexibility index (Phi) is 3.78. The van der Waals surface area contributed by atoms with Crippen molar-refractivity contribution in [3.8, 4) is 11.5 Å². The molecule has 1 aliphatic rings. The molecule has 0 spiro atoms. The van der Waals surface area contributed by atoms with E-state index in [2.05, 4.69) is 17.0 Å². The van der Waals surface area contributed by atoms with Crippen molar-refractivity contribution >= 4 is 0 Å². The number of ether oxygens (including phenoxy) is 2. The van der Waals surface area contributed by atoms with Crippen molar-refractivity contribution < 1.29 is 18.3 Å². The summed E-state index contributed by atoms with van der Waals surface area (Å²) in [5.41, 5.74) is 1.00. The summed E-state index contributed by atoms with van der Waals surface area (Å²) in [6, 6.07) is 4.97. The molecular weight excluding hydrogens is 228 g/mol. The molecule has 2 rings (SSSR count). The maximum absolute atomic E-state index is 12.0. The maximum atomic E-state index is 12.0. The van der Waals surface area contributed by atoms with Crippen LogP contribution in [-0.4, -0.2) is 19.8 Å². The molecular formula is C12H15F2NO2. The van der Waals surface area contributed by atoms with Crippen molar-refractivity contribution in [1.29, 1.82) is 0 Å². The molecule has 0 bridgehead atoms. The lowest BCUT2D eigenvalue weighted by molar-refractivity contribution is -0.0499. The molecule has 1 heterocycles. The van der Waals surface area contributed by atoms with E-state index in [0.29, 0.717) is 12.4 Å². The van der Waals surface area contributed by atoms with E-state index in [1.807, 2.05) is 0 Å². The van der Waals surface area contributed by atoms with E-state index in [-0.39, 0.29) is 11.8 Å². The molecule has 1 aromatic carbocycles. The molecule has 0 aromatic heterocycles. The summed E-state index contributed by atoms with van der Waals surface area (Å²) in [6.45, 7) is 0.725. The molecule has 17 heavy (non-hydrogen) atoms. The second-order valence-electron chi connectivity index (χ2n) is 3.90. The zero-order valence-corrected chi connectivity index (χ0v) is 9.58. The Balaban J connectivity index is 2.08. The van der Waals surface area contributed by atoms with Crippen LogP contribution >= 0.6 is 0 Å². The van der Waals surface area contributed by atoms with Crippen LogP contribution in [-0.2, 0) is 0 Å². The fraction of sp³-hybridized carbons (Fsp3) is 0.500. The van der Waals surface area contributed by atoms with Crippen molar-refractivity contribution in [3.05, 3.63) is 23.8 Å². The standard InChI is InChI=1S/C12H15F2NO2/c1-2-5-15-10-7-16-11-6-8(17-12(13)14)3-4-9(10)11/h3-4,6,10,12,15H,2,5,7H2,1H3. The van der Waals surface area contributed by atoms with Crippen LogP contribution in [0.15, 0.2) is 18.2 Å². The smallest absolute Gasteiger partial charge is 0.387 e. The molecule has 0 saturated heterocycles. The molecule has 94 valence electrons. The van der Waals surface area contributed by atoms with Gasteiger partial charge < -0.3 is 14.8 Å². The monoisotopic (exact) mass is 243 g/mol. The lowest BCUT2D eigenvalue weighted by Gasteiger charge is -2.10. The third-order valence-corrected chi connectivity index (χ3v) is 2.63. The third kappa shape index (κ3) is 2.85. The van der Waals surface area contributed by atoms with E-state index < -0.39 is 6.61 Å². The van der Waals surface area contributed by atoms with Crippen LogP contribution < -0.4 is 14.8 Å². The molecule has 0 aliphatic carbocycles. The molecule has 3 nitrogen and oxygen atoms in total. The Labute approximate surface area is 98.7 Å². The first-order valence-corrected chi connectivity index (χ1v) is 5.65. The Hall–Kier alpha value is -1.36. The molecule has 1 unspecified atom stereocenters. The van der Waals surface area contributed by atoms with Gasteiger partial charge >= 0.3 is 6.61 Å². The molecule has 1 N–H and O–H groups in total. The van der Waals surface area contributed by atoms with E-state index in [1.54, 1.807) is 12.1 Å². The predicted octanol–water partition coefficient (Wildman–Crippen LogP) is 2.72. The van der Waals surface area contributed by atoms with E-state index in [9.17, 15) is 8.78 Å². The first kappa shape index (κ1) is 12.1. The van der Waals surface area contributed by atoms with E-state index in [4.69, 9.17) is 4.74 Å². The first-order valence-electron chi connectivity index (χ1n) is 5.65. The minimum atomic E-state index is -2.80. The topological polar surface area (TPSA) is 30.5 Å². The summed E-state index contributed by atoms with van der Waals surface area (Å²) in [6.07, 6.45) is 1.04. The number of benzene rings is 1. The molecule has 0 radical (unpaired) electrons. The Bertz CT molecular complexity index is 385. The van der Waals surface area contributed by atoms with Gasteiger partial charge in [-0.2, -0.15) is 8.78 Å². The molecule has 0 fully saturated rings. The number of hydrogen-bond donors (Lipinski definition) is 1. The lowest BCUT2D eigenvalue weighted by atomic mass is 10.1. The average molecular weight is 243 g/mol. The highest BCUT2D eigenvalue weighted by Crippen LogP contribution is 2.35. The van der Waals surface area contributed by atoms with Crippen LogP contribution in [0.25, 0.3) is 0 Å². The highest BCUT2D eigenvalue weighted by Gasteiger charge is 2.24. The van der Waals surface area contributed by atoms with Crippen LogP contribution in [0.5, 0.6) is 11.5 Å². The minimum absolute atomic E-state index is 0.134. The Morgan fingerprint density at radius 1 is 1.53 bits per heavy atom. The van der Waals surface area contributed by atoms with Gasteiger partial charge in [0.15, 0.2) is 0 Å². The molecule has 0 saturated carbocycles. The normalized spacial score (nSPS) is 18.0. The quantitative estimate of drug-likeness (QED) is 0.862. The maximum Gasteiger partial charge on any atom is 0.387 e. The van der Waals surface area contributed by atoms with Crippen molar-refractivity contribution in [1.82, 2.24) is 5.32 Å². The van der Waals surface area contributed by atoms with Crippen LogP contribution in [0.2, 0.25) is 0 Å².